The van der Waals surface area contributed by atoms with E-state index in [1.165, 1.54) is 22.6 Å². The number of carbonyl (C=O) groups excluding carboxylic acids is 2. The molecule has 0 spiro atoms. The first kappa shape index (κ1) is 22.5. The lowest BCUT2D eigenvalue weighted by Gasteiger charge is -2.26. The van der Waals surface area contributed by atoms with Crippen LogP contribution in [0.4, 0.5) is 5.69 Å². The minimum absolute atomic E-state index is 0.0394. The monoisotopic (exact) mass is 493 g/mol. The van der Waals surface area contributed by atoms with Crippen LogP contribution in [-0.2, 0) is 22.4 Å². The molecular formula is C27H21Cl2NO4. The lowest BCUT2D eigenvalue weighted by Crippen LogP contribution is -2.29. The Balaban J connectivity index is 1.71. The van der Waals surface area contributed by atoms with Crippen LogP contribution in [0.3, 0.4) is 0 Å². The number of anilines is 1. The highest BCUT2D eigenvalue weighted by Crippen LogP contribution is 2.44. The number of phenolic OH excluding ortho intramolecular Hbond substituents is 1. The molecule has 2 aliphatic rings. The fourth-order valence-electron chi connectivity index (χ4n) is 4.77. The Kier molecular flexibility index (Phi) is 5.84. The van der Waals surface area contributed by atoms with Gasteiger partial charge in [0.2, 0.25) is 0 Å². The molecule has 1 unspecified atom stereocenters. The summed E-state index contributed by atoms with van der Waals surface area (Å²) in [4.78, 5) is 27.8. The van der Waals surface area contributed by atoms with Gasteiger partial charge in [-0.25, -0.2) is 0 Å². The predicted molar refractivity (Wildman–Crippen MR) is 132 cm³/mol. The van der Waals surface area contributed by atoms with Gasteiger partial charge in [0, 0.05) is 16.3 Å². The second kappa shape index (κ2) is 8.82. The van der Waals surface area contributed by atoms with Crippen LogP contribution in [0.1, 0.15) is 41.1 Å². The van der Waals surface area contributed by atoms with Crippen molar-refractivity contribution in [3.05, 3.63) is 98.5 Å². The molecule has 3 aromatic rings. The van der Waals surface area contributed by atoms with Crippen LogP contribution in [0, 0.1) is 0 Å². The Hall–Kier alpha value is -3.28. The van der Waals surface area contributed by atoms with Gasteiger partial charge in [-0.1, -0.05) is 47.5 Å². The third kappa shape index (κ3) is 3.85. The number of phenols is 1. The number of hydrogen-bond acceptors (Lipinski definition) is 4. The smallest absolute Gasteiger partial charge is 0.300 e. The largest absolute Gasteiger partial charge is 0.507 e. The summed E-state index contributed by atoms with van der Waals surface area (Å²) in [7, 11) is 0. The van der Waals surface area contributed by atoms with E-state index >= 15 is 0 Å². The van der Waals surface area contributed by atoms with E-state index in [1.807, 2.05) is 12.1 Å². The Morgan fingerprint density at radius 2 is 1.68 bits per heavy atom. The second-order valence-corrected chi connectivity index (χ2v) is 9.39. The summed E-state index contributed by atoms with van der Waals surface area (Å²) >= 11 is 12.3. The molecule has 0 aromatic heterocycles. The van der Waals surface area contributed by atoms with Crippen molar-refractivity contribution in [3.8, 4) is 5.75 Å². The van der Waals surface area contributed by atoms with Crippen LogP contribution in [0.5, 0.6) is 5.75 Å². The first-order valence-corrected chi connectivity index (χ1v) is 11.8. The highest BCUT2D eigenvalue weighted by molar-refractivity contribution is 6.52. The molecule has 5 rings (SSSR count). The number of fused-ring (bicyclic) bond motifs is 1. The van der Waals surface area contributed by atoms with Crippen molar-refractivity contribution < 1.29 is 19.8 Å². The average molecular weight is 494 g/mol. The molecule has 172 valence electrons. The maximum absolute atomic E-state index is 13.3. The number of benzene rings is 3. The van der Waals surface area contributed by atoms with E-state index in [4.69, 9.17) is 23.2 Å². The lowest BCUT2D eigenvalue weighted by molar-refractivity contribution is -0.132. The lowest BCUT2D eigenvalue weighted by atomic mass is 9.88. The highest BCUT2D eigenvalue weighted by Gasteiger charge is 2.47. The van der Waals surface area contributed by atoms with Crippen molar-refractivity contribution in [2.75, 3.05) is 4.90 Å². The molecule has 1 fully saturated rings. The average Bonchev–Trinajstić information content (AvgIpc) is 3.10. The van der Waals surface area contributed by atoms with Crippen LogP contribution < -0.4 is 4.90 Å². The first-order chi connectivity index (χ1) is 16.3. The minimum atomic E-state index is -0.951. The third-order valence-corrected chi connectivity index (χ3v) is 6.98. The van der Waals surface area contributed by atoms with Gasteiger partial charge in [0.1, 0.15) is 11.5 Å². The number of halogens is 2. The van der Waals surface area contributed by atoms with Crippen molar-refractivity contribution in [1.29, 1.82) is 0 Å². The molecular weight excluding hydrogens is 473 g/mol. The van der Waals surface area contributed by atoms with Crippen LogP contribution in [-0.4, -0.2) is 21.9 Å². The van der Waals surface area contributed by atoms with Crippen LogP contribution in [0.25, 0.3) is 5.76 Å². The van der Waals surface area contributed by atoms with E-state index < -0.39 is 17.7 Å². The van der Waals surface area contributed by atoms with E-state index in [0.717, 1.165) is 31.2 Å². The summed E-state index contributed by atoms with van der Waals surface area (Å²) in [5.41, 5.74) is 3.71. The zero-order valence-corrected chi connectivity index (χ0v) is 19.6. The fourth-order valence-corrected chi connectivity index (χ4v) is 5.14. The number of aromatic hydroxyl groups is 1. The molecule has 0 bridgehead atoms. The number of nitrogens with zero attached hydrogens (tertiary/aromatic N) is 1. The number of aryl methyl sites for hydroxylation is 2. The molecule has 1 aliphatic heterocycles. The standard InChI is InChI=1S/C27H21Cl2NO4/c28-19-6-3-7-20(14-19)30-24(17-10-11-22(31)21(29)13-17)23(26(33)27(30)34)25(32)18-9-8-15-4-1-2-5-16(15)12-18/h3,6-14,24,31-32H,1-2,4-5H2/b25-23-. The van der Waals surface area contributed by atoms with E-state index in [9.17, 15) is 19.8 Å². The molecule has 3 aromatic carbocycles. The number of Topliss-reactive ketones (excluding diaryl/α,β-unsaturated/α-hetero) is 1. The fraction of sp³-hybridized carbons (Fsp3) is 0.185. The van der Waals surface area contributed by atoms with Gasteiger partial charge in [0.25, 0.3) is 11.7 Å². The van der Waals surface area contributed by atoms with Gasteiger partial charge in [-0.2, -0.15) is 0 Å². The molecule has 34 heavy (non-hydrogen) atoms. The van der Waals surface area contributed by atoms with Gasteiger partial charge in [-0.15, -0.1) is 0 Å². The Labute approximate surface area is 206 Å². The Bertz CT molecular complexity index is 1360. The van der Waals surface area contributed by atoms with Gasteiger partial charge in [-0.05, 0) is 78.8 Å². The summed E-state index contributed by atoms with van der Waals surface area (Å²) in [5.74, 6) is -1.95. The van der Waals surface area contributed by atoms with Crippen molar-refractivity contribution in [1.82, 2.24) is 0 Å². The molecule has 1 aliphatic carbocycles. The van der Waals surface area contributed by atoms with Gasteiger partial charge >= 0.3 is 0 Å². The maximum Gasteiger partial charge on any atom is 0.300 e. The maximum atomic E-state index is 13.3. The summed E-state index contributed by atoms with van der Waals surface area (Å²) in [6.45, 7) is 0. The van der Waals surface area contributed by atoms with Gasteiger partial charge in [-0.3, -0.25) is 14.5 Å². The number of aliphatic hydroxyl groups is 1. The number of amides is 1. The summed E-state index contributed by atoms with van der Waals surface area (Å²) in [6.07, 6.45) is 4.10. The number of hydrogen-bond donors (Lipinski definition) is 2. The van der Waals surface area contributed by atoms with E-state index in [1.54, 1.807) is 36.4 Å². The number of aliphatic hydroxyl groups excluding tert-OH is 1. The summed E-state index contributed by atoms with van der Waals surface area (Å²) < 4.78 is 0. The zero-order chi connectivity index (χ0) is 24.0. The molecule has 2 N–H and O–H groups in total. The number of rotatable bonds is 3. The molecule has 5 nitrogen and oxygen atoms in total. The topological polar surface area (TPSA) is 77.8 Å². The predicted octanol–water partition coefficient (Wildman–Crippen LogP) is 6.20. The summed E-state index contributed by atoms with van der Waals surface area (Å²) in [5, 5.41) is 21.7. The first-order valence-electron chi connectivity index (χ1n) is 11.0. The highest BCUT2D eigenvalue weighted by atomic mass is 35.5. The molecule has 7 heteroatoms. The van der Waals surface area contributed by atoms with Crippen molar-refractivity contribution in [2.24, 2.45) is 0 Å². The van der Waals surface area contributed by atoms with Crippen molar-refractivity contribution in [3.63, 3.8) is 0 Å². The number of carbonyl (C=O) groups is 2. The van der Waals surface area contributed by atoms with Crippen LogP contribution in [0.2, 0.25) is 10.0 Å². The molecule has 1 amide bonds. The molecule has 1 saturated heterocycles. The molecule has 1 heterocycles. The Morgan fingerprint density at radius 1 is 0.912 bits per heavy atom. The third-order valence-electron chi connectivity index (χ3n) is 6.44. The normalized spacial score (nSPS) is 19.4. The van der Waals surface area contributed by atoms with Gasteiger partial charge < -0.3 is 10.2 Å². The minimum Gasteiger partial charge on any atom is -0.507 e. The van der Waals surface area contributed by atoms with Gasteiger partial charge in [0.05, 0.1) is 16.6 Å². The summed E-state index contributed by atoms with van der Waals surface area (Å²) in [6, 6.07) is 15.8. The zero-order valence-electron chi connectivity index (χ0n) is 18.1. The molecule has 0 radical (unpaired) electrons. The van der Waals surface area contributed by atoms with Gasteiger partial charge in [0.15, 0.2) is 0 Å². The molecule has 0 saturated carbocycles. The SMILES string of the molecule is O=C1C(=O)N(c2cccc(Cl)c2)C(c2ccc(O)c(Cl)c2)/C1=C(/O)c1ccc2c(c1)CCCC2. The number of ketones is 1. The molecule has 1 atom stereocenters. The second-order valence-electron chi connectivity index (χ2n) is 8.55. The van der Waals surface area contributed by atoms with Crippen molar-refractivity contribution >= 4 is 46.3 Å². The van der Waals surface area contributed by atoms with E-state index in [2.05, 4.69) is 0 Å². The quantitative estimate of drug-likeness (QED) is 0.258. The van der Waals surface area contributed by atoms with E-state index in [0.29, 0.717) is 21.8 Å². The van der Waals surface area contributed by atoms with Crippen LogP contribution in [0.15, 0.2) is 66.2 Å². The van der Waals surface area contributed by atoms with Crippen molar-refractivity contribution in [2.45, 2.75) is 31.7 Å². The van der Waals surface area contributed by atoms with Crippen LogP contribution >= 0.6 is 23.2 Å². The van der Waals surface area contributed by atoms with E-state index in [-0.39, 0.29) is 22.1 Å². The Morgan fingerprint density at radius 3 is 2.41 bits per heavy atom.